The molecule has 1 aromatic carbocycles. The Hall–Kier alpha value is -1.85. The Kier molecular flexibility index (Phi) is 4.47. The Labute approximate surface area is 102 Å². The van der Waals surface area contributed by atoms with E-state index < -0.39 is 24.9 Å². The maximum Gasteiger partial charge on any atom is 0.389 e. The number of ketones is 1. The van der Waals surface area contributed by atoms with Crippen molar-refractivity contribution in [3.8, 4) is 0 Å². The SMILES string of the molecule is CC(=O)c1ccc(NC(=O)CCC(F)(F)F)cc1. The van der Waals surface area contributed by atoms with Crippen molar-refractivity contribution in [1.82, 2.24) is 0 Å². The molecule has 0 spiro atoms. The minimum Gasteiger partial charge on any atom is -0.326 e. The molecular formula is C12H12F3NO2. The zero-order valence-corrected chi connectivity index (χ0v) is 9.67. The summed E-state index contributed by atoms with van der Waals surface area (Å²) in [6.07, 6.45) is -6.10. The van der Waals surface area contributed by atoms with Crippen LogP contribution in [0.1, 0.15) is 30.1 Å². The molecule has 1 N–H and O–H groups in total. The first-order chi connectivity index (χ1) is 8.28. The molecular weight excluding hydrogens is 247 g/mol. The van der Waals surface area contributed by atoms with Gasteiger partial charge in [0.2, 0.25) is 5.91 Å². The standard InChI is InChI=1S/C12H12F3NO2/c1-8(17)9-2-4-10(5-3-9)16-11(18)6-7-12(13,14)15/h2-5H,6-7H2,1H3,(H,16,18). The van der Waals surface area contributed by atoms with E-state index >= 15 is 0 Å². The van der Waals surface area contributed by atoms with Gasteiger partial charge in [0.05, 0.1) is 6.42 Å². The van der Waals surface area contributed by atoms with Crippen molar-refractivity contribution in [2.24, 2.45) is 0 Å². The highest BCUT2D eigenvalue weighted by atomic mass is 19.4. The number of halogens is 3. The molecule has 3 nitrogen and oxygen atoms in total. The number of amides is 1. The number of carbonyl (C=O) groups excluding carboxylic acids is 2. The molecule has 0 radical (unpaired) electrons. The van der Waals surface area contributed by atoms with Gasteiger partial charge in [-0.15, -0.1) is 0 Å². The normalized spacial score (nSPS) is 11.1. The van der Waals surface area contributed by atoms with Crippen molar-refractivity contribution < 1.29 is 22.8 Å². The summed E-state index contributed by atoms with van der Waals surface area (Å²) in [4.78, 5) is 22.2. The molecule has 1 aromatic rings. The molecule has 0 unspecified atom stereocenters. The topological polar surface area (TPSA) is 46.2 Å². The number of carbonyl (C=O) groups is 2. The van der Waals surface area contributed by atoms with Gasteiger partial charge in [-0.25, -0.2) is 0 Å². The maximum atomic E-state index is 11.9. The van der Waals surface area contributed by atoms with Gasteiger partial charge in [0.15, 0.2) is 5.78 Å². The van der Waals surface area contributed by atoms with Gasteiger partial charge in [0.25, 0.3) is 0 Å². The lowest BCUT2D eigenvalue weighted by molar-refractivity contribution is -0.142. The van der Waals surface area contributed by atoms with Crippen LogP contribution in [0.4, 0.5) is 18.9 Å². The Morgan fingerprint density at radius 2 is 1.72 bits per heavy atom. The predicted octanol–water partition coefficient (Wildman–Crippen LogP) is 3.17. The van der Waals surface area contributed by atoms with Crippen LogP contribution >= 0.6 is 0 Å². The average molecular weight is 259 g/mol. The Morgan fingerprint density at radius 3 is 2.17 bits per heavy atom. The van der Waals surface area contributed by atoms with Gasteiger partial charge in [0, 0.05) is 17.7 Å². The van der Waals surface area contributed by atoms with Crippen LogP contribution in [0.3, 0.4) is 0 Å². The van der Waals surface area contributed by atoms with Crippen molar-refractivity contribution in [1.29, 1.82) is 0 Å². The Morgan fingerprint density at radius 1 is 1.17 bits per heavy atom. The van der Waals surface area contributed by atoms with E-state index in [1.807, 2.05) is 0 Å². The molecule has 1 amide bonds. The van der Waals surface area contributed by atoms with Gasteiger partial charge in [-0.05, 0) is 31.2 Å². The highest BCUT2D eigenvalue weighted by molar-refractivity contribution is 5.95. The molecule has 1 rings (SSSR count). The summed E-state index contributed by atoms with van der Waals surface area (Å²) >= 11 is 0. The number of anilines is 1. The molecule has 0 aliphatic carbocycles. The lowest BCUT2D eigenvalue weighted by Gasteiger charge is -2.07. The molecule has 0 saturated carbocycles. The quantitative estimate of drug-likeness (QED) is 0.844. The molecule has 0 aliphatic heterocycles. The van der Waals surface area contributed by atoms with Gasteiger partial charge >= 0.3 is 6.18 Å². The van der Waals surface area contributed by atoms with E-state index in [9.17, 15) is 22.8 Å². The summed E-state index contributed by atoms with van der Waals surface area (Å²) in [5.74, 6) is -0.826. The lowest BCUT2D eigenvalue weighted by Crippen LogP contribution is -2.16. The molecule has 0 saturated heterocycles. The van der Waals surface area contributed by atoms with Crippen LogP contribution in [0.25, 0.3) is 0 Å². The van der Waals surface area contributed by atoms with Gasteiger partial charge in [-0.2, -0.15) is 13.2 Å². The highest BCUT2D eigenvalue weighted by Crippen LogP contribution is 2.21. The fourth-order valence-corrected chi connectivity index (χ4v) is 1.27. The molecule has 0 bridgehead atoms. The third-order valence-corrected chi connectivity index (χ3v) is 2.21. The summed E-state index contributed by atoms with van der Waals surface area (Å²) in [6, 6.07) is 5.95. The zero-order chi connectivity index (χ0) is 13.8. The number of hydrogen-bond donors (Lipinski definition) is 1. The summed E-state index contributed by atoms with van der Waals surface area (Å²) < 4.78 is 35.6. The van der Waals surface area contributed by atoms with Gasteiger partial charge in [-0.3, -0.25) is 9.59 Å². The summed E-state index contributed by atoms with van der Waals surface area (Å²) in [5, 5.41) is 2.33. The molecule has 0 fully saturated rings. The third kappa shape index (κ3) is 4.99. The number of benzene rings is 1. The van der Waals surface area contributed by atoms with Crippen LogP contribution in [0.15, 0.2) is 24.3 Å². The monoisotopic (exact) mass is 259 g/mol. The molecule has 0 aromatic heterocycles. The fraction of sp³-hybridized carbons (Fsp3) is 0.333. The second kappa shape index (κ2) is 5.66. The van der Waals surface area contributed by atoms with E-state index in [1.165, 1.54) is 31.2 Å². The molecule has 6 heteroatoms. The zero-order valence-electron chi connectivity index (χ0n) is 9.67. The number of alkyl halides is 3. The first kappa shape index (κ1) is 14.2. The summed E-state index contributed by atoms with van der Waals surface area (Å²) in [5.41, 5.74) is 0.843. The van der Waals surface area contributed by atoms with E-state index in [0.29, 0.717) is 11.3 Å². The summed E-state index contributed by atoms with van der Waals surface area (Å²) in [7, 11) is 0. The first-order valence-corrected chi connectivity index (χ1v) is 5.25. The van der Waals surface area contributed by atoms with Crippen molar-refractivity contribution in [2.75, 3.05) is 5.32 Å². The Bertz CT molecular complexity index is 438. The van der Waals surface area contributed by atoms with Crippen LogP contribution in [0.2, 0.25) is 0 Å². The smallest absolute Gasteiger partial charge is 0.326 e. The first-order valence-electron chi connectivity index (χ1n) is 5.25. The van der Waals surface area contributed by atoms with E-state index in [-0.39, 0.29) is 5.78 Å². The third-order valence-electron chi connectivity index (χ3n) is 2.21. The second-order valence-corrected chi connectivity index (χ2v) is 3.80. The lowest BCUT2D eigenvalue weighted by atomic mass is 10.1. The molecule has 0 heterocycles. The predicted molar refractivity (Wildman–Crippen MR) is 60.4 cm³/mol. The van der Waals surface area contributed by atoms with Crippen LogP contribution in [-0.4, -0.2) is 17.9 Å². The molecule has 0 aliphatic rings. The van der Waals surface area contributed by atoms with Crippen molar-refractivity contribution >= 4 is 17.4 Å². The van der Waals surface area contributed by atoms with Crippen LogP contribution in [0.5, 0.6) is 0 Å². The number of nitrogens with one attached hydrogen (secondary N) is 1. The fourth-order valence-electron chi connectivity index (χ4n) is 1.27. The van der Waals surface area contributed by atoms with Crippen LogP contribution in [-0.2, 0) is 4.79 Å². The number of Topliss-reactive ketones (excluding diaryl/α,β-unsaturated/α-hetero) is 1. The van der Waals surface area contributed by atoms with Crippen molar-refractivity contribution in [3.05, 3.63) is 29.8 Å². The number of hydrogen-bond acceptors (Lipinski definition) is 2. The molecule has 18 heavy (non-hydrogen) atoms. The van der Waals surface area contributed by atoms with Crippen molar-refractivity contribution in [3.63, 3.8) is 0 Å². The van der Waals surface area contributed by atoms with Gasteiger partial charge in [-0.1, -0.05) is 0 Å². The van der Waals surface area contributed by atoms with E-state index in [0.717, 1.165) is 0 Å². The van der Waals surface area contributed by atoms with Crippen molar-refractivity contribution in [2.45, 2.75) is 25.9 Å². The maximum absolute atomic E-state index is 11.9. The van der Waals surface area contributed by atoms with E-state index in [4.69, 9.17) is 0 Å². The van der Waals surface area contributed by atoms with Gasteiger partial charge < -0.3 is 5.32 Å². The number of rotatable bonds is 4. The van der Waals surface area contributed by atoms with E-state index in [1.54, 1.807) is 0 Å². The largest absolute Gasteiger partial charge is 0.389 e. The average Bonchev–Trinajstić information content (AvgIpc) is 2.26. The summed E-state index contributed by atoms with van der Waals surface area (Å²) in [6.45, 7) is 1.40. The molecule has 0 atom stereocenters. The minimum atomic E-state index is -4.34. The van der Waals surface area contributed by atoms with E-state index in [2.05, 4.69) is 5.32 Å². The Balaban J connectivity index is 2.52. The minimum absolute atomic E-state index is 0.120. The van der Waals surface area contributed by atoms with Crippen LogP contribution in [0, 0.1) is 0 Å². The molecule has 98 valence electrons. The van der Waals surface area contributed by atoms with Gasteiger partial charge in [0.1, 0.15) is 0 Å². The second-order valence-electron chi connectivity index (χ2n) is 3.80. The highest BCUT2D eigenvalue weighted by Gasteiger charge is 2.27. The van der Waals surface area contributed by atoms with Crippen LogP contribution < -0.4 is 5.32 Å².